The molecule has 0 aliphatic heterocycles. The van der Waals surface area contributed by atoms with Gasteiger partial charge in [-0.3, -0.25) is 10.0 Å². The first-order valence-corrected chi connectivity index (χ1v) is 8.37. The predicted molar refractivity (Wildman–Crippen MR) is 78.8 cm³/mol. The standard InChI is InChI=1S/C16H14F3N5O2/c17-16(18,19)15(1-2-15)21-14(25)12-10-6-8-5-9(8)13(10)24(22-12)11-7-23(26)4-3-20-11/h3-4,7-9H,1-2,5-6H2,(H-,20,21,25,26)/p+1/t8-,9-/m0/s1. The normalized spacial score (nSPS) is 24.7. The first-order chi connectivity index (χ1) is 12.3. The number of rotatable bonds is 3. The molecule has 2 aromatic rings. The highest BCUT2D eigenvalue weighted by molar-refractivity contribution is 5.95. The topological polar surface area (TPSA) is 83.9 Å². The van der Waals surface area contributed by atoms with Crippen molar-refractivity contribution in [2.75, 3.05) is 0 Å². The van der Waals surface area contributed by atoms with Gasteiger partial charge in [-0.05, 0) is 31.6 Å². The van der Waals surface area contributed by atoms with Crippen LogP contribution in [0.4, 0.5) is 13.2 Å². The number of aromatic nitrogens is 4. The van der Waals surface area contributed by atoms with Crippen molar-refractivity contribution < 1.29 is 27.9 Å². The fourth-order valence-electron chi connectivity index (χ4n) is 3.84. The molecule has 10 heteroatoms. The van der Waals surface area contributed by atoms with Crippen LogP contribution in [0.15, 0.2) is 18.6 Å². The average Bonchev–Trinajstić information content (AvgIpc) is 3.44. The zero-order valence-electron chi connectivity index (χ0n) is 13.5. The number of hydrogen-bond acceptors (Lipinski definition) is 4. The molecular formula is C16H15F3N5O2+. The minimum atomic E-state index is -4.47. The molecule has 3 aliphatic rings. The van der Waals surface area contributed by atoms with Crippen LogP contribution in [-0.2, 0) is 6.42 Å². The lowest BCUT2D eigenvalue weighted by Gasteiger charge is -2.20. The summed E-state index contributed by atoms with van der Waals surface area (Å²) in [5.74, 6) is 0.160. The van der Waals surface area contributed by atoms with E-state index < -0.39 is 17.6 Å². The van der Waals surface area contributed by atoms with Gasteiger partial charge in [0.25, 0.3) is 12.1 Å². The molecule has 5 rings (SSSR count). The fourth-order valence-corrected chi connectivity index (χ4v) is 3.84. The molecule has 2 atom stereocenters. The van der Waals surface area contributed by atoms with Gasteiger partial charge in [0.15, 0.2) is 5.69 Å². The number of hydrogen-bond donors (Lipinski definition) is 2. The monoisotopic (exact) mass is 366 g/mol. The van der Waals surface area contributed by atoms with Crippen LogP contribution in [0.1, 0.15) is 46.9 Å². The van der Waals surface area contributed by atoms with E-state index in [1.165, 1.54) is 23.3 Å². The van der Waals surface area contributed by atoms with E-state index in [2.05, 4.69) is 15.4 Å². The maximum Gasteiger partial charge on any atom is 0.411 e. The van der Waals surface area contributed by atoms with Gasteiger partial charge in [0, 0.05) is 16.2 Å². The van der Waals surface area contributed by atoms with Crippen molar-refractivity contribution in [2.24, 2.45) is 5.92 Å². The minimum Gasteiger partial charge on any atom is -0.336 e. The lowest BCUT2D eigenvalue weighted by Crippen LogP contribution is -2.48. The average molecular weight is 366 g/mol. The van der Waals surface area contributed by atoms with E-state index in [-0.39, 0.29) is 24.5 Å². The van der Waals surface area contributed by atoms with Gasteiger partial charge in [-0.15, -0.1) is 0 Å². The zero-order chi connectivity index (χ0) is 18.3. The predicted octanol–water partition coefficient (Wildman–Crippen LogP) is 1.28. The third-order valence-corrected chi connectivity index (χ3v) is 5.51. The lowest BCUT2D eigenvalue weighted by molar-refractivity contribution is -0.904. The van der Waals surface area contributed by atoms with Crippen molar-refractivity contribution in [2.45, 2.75) is 43.3 Å². The van der Waals surface area contributed by atoms with Crippen LogP contribution in [-0.4, -0.2) is 37.6 Å². The third kappa shape index (κ3) is 2.14. The molecule has 3 aliphatic carbocycles. The number of nitrogens with one attached hydrogen (secondary N) is 1. The Labute approximate surface area is 145 Å². The first kappa shape index (κ1) is 15.6. The molecule has 2 saturated carbocycles. The van der Waals surface area contributed by atoms with Gasteiger partial charge in [0.1, 0.15) is 5.54 Å². The van der Waals surface area contributed by atoms with Gasteiger partial charge in [-0.1, -0.05) is 0 Å². The Morgan fingerprint density at radius 3 is 2.85 bits per heavy atom. The van der Waals surface area contributed by atoms with Crippen LogP contribution < -0.4 is 10.0 Å². The summed E-state index contributed by atoms with van der Waals surface area (Å²) in [4.78, 5) is 16.7. The van der Waals surface area contributed by atoms with Crippen LogP contribution in [0.3, 0.4) is 0 Å². The summed E-state index contributed by atoms with van der Waals surface area (Å²) >= 11 is 0. The van der Waals surface area contributed by atoms with E-state index in [4.69, 9.17) is 0 Å². The molecular weight excluding hydrogens is 351 g/mol. The Morgan fingerprint density at radius 1 is 1.42 bits per heavy atom. The van der Waals surface area contributed by atoms with Crippen LogP contribution in [0, 0.1) is 5.92 Å². The molecule has 2 heterocycles. The second kappa shape index (κ2) is 4.74. The molecule has 2 aromatic heterocycles. The largest absolute Gasteiger partial charge is 0.411 e. The van der Waals surface area contributed by atoms with Gasteiger partial charge < -0.3 is 5.32 Å². The molecule has 7 nitrogen and oxygen atoms in total. The molecule has 0 aromatic carbocycles. The summed E-state index contributed by atoms with van der Waals surface area (Å²) in [7, 11) is 0. The van der Waals surface area contributed by atoms with Gasteiger partial charge in [-0.25, -0.2) is 9.67 Å². The molecule has 1 amide bonds. The van der Waals surface area contributed by atoms with E-state index in [9.17, 15) is 23.2 Å². The highest BCUT2D eigenvalue weighted by Crippen LogP contribution is 2.57. The van der Waals surface area contributed by atoms with E-state index in [0.29, 0.717) is 23.7 Å². The molecule has 0 spiro atoms. The van der Waals surface area contributed by atoms with E-state index in [1.54, 1.807) is 0 Å². The highest BCUT2D eigenvalue weighted by Gasteiger charge is 2.64. The molecule has 136 valence electrons. The van der Waals surface area contributed by atoms with Crippen molar-refractivity contribution in [3.63, 3.8) is 0 Å². The fraction of sp³-hybridized carbons (Fsp3) is 0.500. The number of carbonyl (C=O) groups excluding carboxylic acids is 1. The molecule has 26 heavy (non-hydrogen) atoms. The second-order valence-corrected chi connectivity index (χ2v) is 7.26. The van der Waals surface area contributed by atoms with Gasteiger partial charge >= 0.3 is 6.18 Å². The zero-order valence-corrected chi connectivity index (χ0v) is 13.5. The minimum absolute atomic E-state index is 0.0258. The number of fused-ring (bicyclic) bond motifs is 3. The van der Waals surface area contributed by atoms with E-state index in [1.807, 2.05) is 0 Å². The molecule has 0 unspecified atom stereocenters. The summed E-state index contributed by atoms with van der Waals surface area (Å²) in [6.45, 7) is 0. The number of halogens is 3. The van der Waals surface area contributed by atoms with Crippen molar-refractivity contribution in [3.05, 3.63) is 35.5 Å². The number of amides is 1. The first-order valence-electron chi connectivity index (χ1n) is 8.37. The second-order valence-electron chi connectivity index (χ2n) is 7.26. The van der Waals surface area contributed by atoms with Gasteiger partial charge in [0.05, 0.1) is 11.9 Å². The van der Waals surface area contributed by atoms with Crippen molar-refractivity contribution in [1.82, 2.24) is 20.1 Å². The van der Waals surface area contributed by atoms with Crippen LogP contribution in [0.25, 0.3) is 5.82 Å². The van der Waals surface area contributed by atoms with E-state index >= 15 is 0 Å². The lowest BCUT2D eigenvalue weighted by atomic mass is 10.1. The summed E-state index contributed by atoms with van der Waals surface area (Å²) in [6.07, 6.45) is 0.962. The molecule has 0 saturated heterocycles. The van der Waals surface area contributed by atoms with Crippen molar-refractivity contribution in [1.29, 1.82) is 0 Å². The third-order valence-electron chi connectivity index (χ3n) is 5.51. The summed E-state index contributed by atoms with van der Waals surface area (Å²) in [6, 6.07) is 0. The highest BCUT2D eigenvalue weighted by atomic mass is 19.4. The van der Waals surface area contributed by atoms with Gasteiger partial charge in [-0.2, -0.15) is 18.3 Å². The molecule has 2 fully saturated rings. The maximum absolute atomic E-state index is 13.1. The Bertz CT molecular complexity index is 934. The summed E-state index contributed by atoms with van der Waals surface area (Å²) in [5, 5.41) is 16.0. The Morgan fingerprint density at radius 2 is 2.19 bits per heavy atom. The quantitative estimate of drug-likeness (QED) is 0.633. The van der Waals surface area contributed by atoms with Crippen molar-refractivity contribution in [3.8, 4) is 5.82 Å². The van der Waals surface area contributed by atoms with Gasteiger partial charge in [0.2, 0.25) is 12.0 Å². The summed E-state index contributed by atoms with van der Waals surface area (Å²) in [5.41, 5.74) is -0.591. The number of carbonyl (C=O) groups is 1. The number of alkyl halides is 3. The van der Waals surface area contributed by atoms with Crippen LogP contribution in [0.5, 0.6) is 0 Å². The Hall–Kier alpha value is -2.65. The molecule has 0 bridgehead atoms. The Kier molecular flexibility index (Phi) is 2.84. The van der Waals surface area contributed by atoms with Crippen LogP contribution in [0.2, 0.25) is 0 Å². The summed E-state index contributed by atoms with van der Waals surface area (Å²) < 4.78 is 41.7. The molecule has 0 radical (unpaired) electrons. The SMILES string of the molecule is O=C(NC1(C(F)(F)F)CC1)c1nn(-c2c[n+](O)ccn2)c2c1C[C@@H]1C[C@H]21. The van der Waals surface area contributed by atoms with Crippen LogP contribution >= 0.6 is 0 Å². The smallest absolute Gasteiger partial charge is 0.336 e. The molecule has 2 N–H and O–H groups in total. The number of nitrogens with zero attached hydrogens (tertiary/aromatic N) is 4. The Balaban J connectivity index is 1.54. The van der Waals surface area contributed by atoms with E-state index in [0.717, 1.165) is 16.8 Å². The van der Waals surface area contributed by atoms with Crippen molar-refractivity contribution >= 4 is 5.91 Å². The maximum atomic E-state index is 13.1.